The summed E-state index contributed by atoms with van der Waals surface area (Å²) in [6.07, 6.45) is 8.00. The third-order valence-electron chi connectivity index (χ3n) is 7.19. The highest BCUT2D eigenvalue weighted by atomic mass is 16.5. The number of anilines is 1. The number of methoxy groups -OCH3 is 1. The Balaban J connectivity index is 1.47. The number of hydrogen-bond acceptors (Lipinski definition) is 6. The predicted molar refractivity (Wildman–Crippen MR) is 131 cm³/mol. The first-order chi connectivity index (χ1) is 16.0. The Kier molecular flexibility index (Phi) is 6.10. The molecule has 0 bridgehead atoms. The molecule has 0 radical (unpaired) electrons. The number of rotatable bonds is 5. The maximum atomic E-state index is 13.2. The molecule has 2 aliphatic rings. The number of likely N-dealkylation sites (tertiary alicyclic amines) is 1. The minimum Gasteiger partial charge on any atom is -0.496 e. The minimum absolute atomic E-state index is 0.142. The molecule has 2 fully saturated rings. The van der Waals surface area contributed by atoms with Gasteiger partial charge in [-0.2, -0.15) is 5.10 Å². The number of hydrogen-bond donors (Lipinski definition) is 2. The number of nitrogens with zero attached hydrogens (tertiary/aromatic N) is 4. The Bertz CT molecular complexity index is 1190. The van der Waals surface area contributed by atoms with Gasteiger partial charge in [0.2, 0.25) is 0 Å². The van der Waals surface area contributed by atoms with Crippen LogP contribution in [-0.2, 0) is 0 Å². The zero-order valence-corrected chi connectivity index (χ0v) is 19.9. The van der Waals surface area contributed by atoms with Gasteiger partial charge >= 0.3 is 0 Å². The number of ether oxygens (including phenoxy) is 1. The van der Waals surface area contributed by atoms with E-state index in [0.717, 1.165) is 55.7 Å². The van der Waals surface area contributed by atoms with Crippen molar-refractivity contribution >= 4 is 16.7 Å². The molecular formula is C25H34N6O2. The molecule has 1 saturated heterocycles. The second-order valence-electron chi connectivity index (χ2n) is 9.57. The van der Waals surface area contributed by atoms with Crippen molar-refractivity contribution in [2.45, 2.75) is 64.0 Å². The first kappa shape index (κ1) is 21.9. The van der Waals surface area contributed by atoms with E-state index in [0.29, 0.717) is 28.6 Å². The van der Waals surface area contributed by atoms with Crippen LogP contribution in [0.3, 0.4) is 0 Å². The first-order valence-electron chi connectivity index (χ1n) is 12.2. The Morgan fingerprint density at radius 3 is 2.61 bits per heavy atom. The number of aromatic nitrogens is 4. The molecule has 2 aromatic heterocycles. The van der Waals surface area contributed by atoms with Crippen molar-refractivity contribution in [3.63, 3.8) is 0 Å². The topological polar surface area (TPSA) is 88.1 Å². The van der Waals surface area contributed by atoms with Crippen LogP contribution in [0.25, 0.3) is 22.4 Å². The number of piperidine rings is 1. The number of nitrogens with one attached hydrogen (secondary N) is 2. The van der Waals surface area contributed by atoms with Crippen LogP contribution in [0.4, 0.5) is 5.69 Å². The van der Waals surface area contributed by atoms with Crippen LogP contribution in [0.1, 0.15) is 56.7 Å². The molecule has 33 heavy (non-hydrogen) atoms. The summed E-state index contributed by atoms with van der Waals surface area (Å²) in [6.45, 7) is 4.14. The van der Waals surface area contributed by atoms with Gasteiger partial charge < -0.3 is 19.9 Å². The molecule has 2 N–H and O–H groups in total. The molecule has 3 aromatic rings. The Morgan fingerprint density at radius 1 is 1.12 bits per heavy atom. The zero-order valence-electron chi connectivity index (χ0n) is 19.9. The van der Waals surface area contributed by atoms with E-state index in [1.807, 2.05) is 29.8 Å². The van der Waals surface area contributed by atoms with E-state index in [2.05, 4.69) is 22.2 Å². The third-order valence-corrected chi connectivity index (χ3v) is 7.19. The van der Waals surface area contributed by atoms with Gasteiger partial charge in [0.05, 0.1) is 24.4 Å². The molecule has 0 spiro atoms. The van der Waals surface area contributed by atoms with Crippen molar-refractivity contribution in [2.75, 3.05) is 32.6 Å². The molecule has 0 unspecified atom stereocenters. The molecule has 1 aliphatic heterocycles. The van der Waals surface area contributed by atoms with Crippen LogP contribution in [0, 0.1) is 6.92 Å². The number of H-pyrrole nitrogens is 1. The van der Waals surface area contributed by atoms with E-state index < -0.39 is 0 Å². The normalized spacial score (nSPS) is 18.6. The quantitative estimate of drug-likeness (QED) is 0.608. The van der Waals surface area contributed by atoms with Crippen LogP contribution in [0.2, 0.25) is 0 Å². The minimum atomic E-state index is -0.142. The van der Waals surface area contributed by atoms with Gasteiger partial charge in [0, 0.05) is 17.8 Å². The Labute approximate surface area is 194 Å². The van der Waals surface area contributed by atoms with E-state index in [1.165, 1.54) is 19.3 Å². The van der Waals surface area contributed by atoms with Crippen molar-refractivity contribution in [3.8, 4) is 17.1 Å². The lowest BCUT2D eigenvalue weighted by molar-refractivity contribution is 0.264. The van der Waals surface area contributed by atoms with E-state index >= 15 is 0 Å². The largest absolute Gasteiger partial charge is 0.496 e. The summed E-state index contributed by atoms with van der Waals surface area (Å²) < 4.78 is 7.62. The molecule has 5 rings (SSSR count). The Morgan fingerprint density at radius 2 is 1.88 bits per heavy atom. The van der Waals surface area contributed by atoms with Crippen molar-refractivity contribution < 1.29 is 4.74 Å². The van der Waals surface area contributed by atoms with Crippen LogP contribution in [0.5, 0.6) is 5.75 Å². The van der Waals surface area contributed by atoms with Crippen molar-refractivity contribution in [1.29, 1.82) is 0 Å². The van der Waals surface area contributed by atoms with Crippen LogP contribution < -0.4 is 15.6 Å². The fraction of sp³-hybridized carbons (Fsp3) is 0.560. The molecule has 1 aromatic carbocycles. The second kappa shape index (κ2) is 9.17. The van der Waals surface area contributed by atoms with Gasteiger partial charge in [-0.25, -0.2) is 4.98 Å². The number of aryl methyl sites for hydroxylation is 1. The summed E-state index contributed by atoms with van der Waals surface area (Å²) in [5.41, 5.74) is 3.71. The number of fused-ring (bicyclic) bond motifs is 1. The highest BCUT2D eigenvalue weighted by Crippen LogP contribution is 2.33. The monoisotopic (exact) mass is 450 g/mol. The predicted octanol–water partition coefficient (Wildman–Crippen LogP) is 4.11. The summed E-state index contributed by atoms with van der Waals surface area (Å²) in [5.74, 6) is 1.20. The SMILES string of the molecule is COc1cc(NC2CCN(C)CC2)ccc1-c1nc2c(C)nn(C3CCCCC3)c2c(=O)[nH]1. The lowest BCUT2D eigenvalue weighted by Crippen LogP contribution is -2.36. The molecule has 3 heterocycles. The van der Waals surface area contributed by atoms with Gasteiger partial charge in [-0.1, -0.05) is 19.3 Å². The second-order valence-corrected chi connectivity index (χ2v) is 9.57. The number of benzene rings is 1. The molecule has 0 amide bonds. The zero-order chi connectivity index (χ0) is 22.9. The van der Waals surface area contributed by atoms with Crippen LogP contribution >= 0.6 is 0 Å². The standard InChI is InChI=1S/C25H34N6O2/c1-16-22-23(31(29-16)19-7-5-4-6-8-19)25(32)28-24(27-22)20-10-9-18(15-21(20)33-3)26-17-11-13-30(2)14-12-17/h9-10,15,17,19,26H,4-8,11-14H2,1-3H3,(H,27,28,32). The number of aromatic amines is 1. The fourth-order valence-corrected chi connectivity index (χ4v) is 5.27. The van der Waals surface area contributed by atoms with Gasteiger partial charge in [0.25, 0.3) is 5.56 Å². The van der Waals surface area contributed by atoms with E-state index in [1.54, 1.807) is 7.11 Å². The average molecular weight is 451 g/mol. The lowest BCUT2D eigenvalue weighted by Gasteiger charge is -2.30. The van der Waals surface area contributed by atoms with E-state index in [-0.39, 0.29) is 11.6 Å². The average Bonchev–Trinajstić information content (AvgIpc) is 3.18. The molecule has 1 saturated carbocycles. The third kappa shape index (κ3) is 4.36. The lowest BCUT2D eigenvalue weighted by atomic mass is 9.95. The summed E-state index contributed by atoms with van der Waals surface area (Å²) in [4.78, 5) is 23.4. The smallest absolute Gasteiger partial charge is 0.277 e. The summed E-state index contributed by atoms with van der Waals surface area (Å²) in [7, 11) is 3.82. The summed E-state index contributed by atoms with van der Waals surface area (Å²) in [6, 6.07) is 6.75. The molecule has 0 atom stereocenters. The molecule has 1 aliphatic carbocycles. The summed E-state index contributed by atoms with van der Waals surface area (Å²) >= 11 is 0. The molecule has 8 heteroatoms. The molecule has 176 valence electrons. The van der Waals surface area contributed by atoms with Crippen LogP contribution in [0.15, 0.2) is 23.0 Å². The fourth-order valence-electron chi connectivity index (χ4n) is 5.27. The van der Waals surface area contributed by atoms with E-state index in [9.17, 15) is 4.79 Å². The van der Waals surface area contributed by atoms with Crippen LogP contribution in [-0.4, -0.2) is 57.9 Å². The van der Waals surface area contributed by atoms with Gasteiger partial charge in [0.15, 0.2) is 5.52 Å². The van der Waals surface area contributed by atoms with Gasteiger partial charge in [-0.15, -0.1) is 0 Å². The van der Waals surface area contributed by atoms with Gasteiger partial charge in [-0.3, -0.25) is 9.48 Å². The van der Waals surface area contributed by atoms with Crippen molar-refractivity contribution in [2.24, 2.45) is 0 Å². The maximum Gasteiger partial charge on any atom is 0.277 e. The highest BCUT2D eigenvalue weighted by Gasteiger charge is 2.23. The summed E-state index contributed by atoms with van der Waals surface area (Å²) in [5, 5.41) is 8.36. The van der Waals surface area contributed by atoms with Crippen molar-refractivity contribution in [1.82, 2.24) is 24.6 Å². The Hall–Kier alpha value is -2.87. The molecular weight excluding hydrogens is 416 g/mol. The maximum absolute atomic E-state index is 13.2. The highest BCUT2D eigenvalue weighted by molar-refractivity contribution is 5.80. The van der Waals surface area contributed by atoms with Gasteiger partial charge in [-0.05, 0) is 64.9 Å². The van der Waals surface area contributed by atoms with E-state index in [4.69, 9.17) is 14.8 Å². The van der Waals surface area contributed by atoms with Crippen molar-refractivity contribution in [3.05, 3.63) is 34.2 Å². The molecule has 8 nitrogen and oxygen atoms in total. The first-order valence-corrected chi connectivity index (χ1v) is 12.2. The van der Waals surface area contributed by atoms with Gasteiger partial charge in [0.1, 0.15) is 17.1 Å².